The van der Waals surface area contributed by atoms with Gasteiger partial charge in [0.2, 0.25) is 0 Å². The normalized spacial score (nSPS) is 9.60. The molecule has 0 aliphatic carbocycles. The molecule has 202 valence electrons. The fourth-order valence-electron chi connectivity index (χ4n) is 3.19. The largest absolute Gasteiger partial charge is 0.494 e. The van der Waals surface area contributed by atoms with Crippen LogP contribution in [0.25, 0.3) is 0 Å². The van der Waals surface area contributed by atoms with E-state index in [0.717, 1.165) is 46.2 Å². The lowest BCUT2D eigenvalue weighted by Gasteiger charge is -2.07. The zero-order valence-electron chi connectivity index (χ0n) is 22.5. The highest BCUT2D eigenvalue weighted by Gasteiger charge is 1.98. The first-order chi connectivity index (χ1) is 19.6. The summed E-state index contributed by atoms with van der Waals surface area (Å²) in [6.45, 7) is 12.5. The molecule has 5 nitrogen and oxygen atoms in total. The number of carbonyl (C=O) groups is 1. The molecule has 0 aliphatic rings. The molecule has 3 rings (SSSR count). The summed E-state index contributed by atoms with van der Waals surface area (Å²) in [5.41, 5.74) is 3.61. The molecule has 0 saturated carbocycles. The first-order valence-corrected chi connectivity index (χ1v) is 12.9. The number of allylic oxidation sites excluding steroid dienone is 1. The maximum atomic E-state index is 11.0. The number of rotatable bonds is 13. The molecule has 0 heterocycles. The van der Waals surface area contributed by atoms with E-state index in [1.54, 1.807) is 6.08 Å². The smallest absolute Gasteiger partial charge is 0.330 e. The fraction of sp³-hybridized carbons (Fsp3) is 0.171. The van der Waals surface area contributed by atoms with Gasteiger partial charge < -0.3 is 18.9 Å². The predicted molar refractivity (Wildman–Crippen MR) is 158 cm³/mol. The van der Waals surface area contributed by atoms with Crippen LogP contribution >= 0.6 is 0 Å². The zero-order valence-corrected chi connectivity index (χ0v) is 22.5. The van der Waals surface area contributed by atoms with Gasteiger partial charge in [-0.15, -0.1) is 0 Å². The number of carbonyl (C=O) groups excluding carboxylic acids is 1. The van der Waals surface area contributed by atoms with Gasteiger partial charge in [-0.3, -0.25) is 0 Å². The van der Waals surface area contributed by atoms with Crippen molar-refractivity contribution in [2.45, 2.75) is 12.8 Å². The lowest BCUT2D eigenvalue weighted by Crippen LogP contribution is -2.06. The highest BCUT2D eigenvalue weighted by Crippen LogP contribution is 2.13. The number of hydrogen-bond acceptors (Lipinski definition) is 5. The van der Waals surface area contributed by atoms with Gasteiger partial charge in [0, 0.05) is 41.2 Å². The number of ether oxygens (including phenoxy) is 4. The molecule has 0 aliphatic heterocycles. The molecule has 0 amide bonds. The molecule has 0 bridgehead atoms. The van der Waals surface area contributed by atoms with E-state index in [-0.39, 0.29) is 0 Å². The van der Waals surface area contributed by atoms with Crippen LogP contribution < -0.4 is 9.47 Å². The Morgan fingerprint density at radius 3 is 1.32 bits per heavy atom. The van der Waals surface area contributed by atoms with E-state index in [0.29, 0.717) is 38.6 Å². The molecule has 5 heteroatoms. The summed E-state index contributed by atoms with van der Waals surface area (Å²) >= 11 is 0. The van der Waals surface area contributed by atoms with Gasteiger partial charge in [0.15, 0.2) is 0 Å². The Morgan fingerprint density at radius 2 is 0.950 bits per heavy atom. The molecule has 0 spiro atoms. The van der Waals surface area contributed by atoms with Crippen LogP contribution in [0.5, 0.6) is 11.5 Å². The van der Waals surface area contributed by atoms with Gasteiger partial charge in [0.25, 0.3) is 0 Å². The molecule has 0 saturated heterocycles. The first-order valence-electron chi connectivity index (χ1n) is 12.9. The Kier molecular flexibility index (Phi) is 12.3. The maximum Gasteiger partial charge on any atom is 0.330 e. The van der Waals surface area contributed by atoms with Crippen LogP contribution in [0.1, 0.15) is 35.1 Å². The predicted octanol–water partition coefficient (Wildman–Crippen LogP) is 6.47. The third-order valence-corrected chi connectivity index (χ3v) is 5.34. The SMILES string of the molecule is C=CC(=C)OCCCOc1ccc(C#Cc2ccc(C#Cc3ccc(OCCCOC(=O)C=C)cc3)cc2)cc1. The summed E-state index contributed by atoms with van der Waals surface area (Å²) in [6, 6.07) is 23.1. The molecular weight excluding hydrogens is 500 g/mol. The Hall–Kier alpha value is -5.13. The van der Waals surface area contributed by atoms with Crippen LogP contribution in [-0.2, 0) is 14.3 Å². The molecule has 0 unspecified atom stereocenters. The van der Waals surface area contributed by atoms with Crippen molar-refractivity contribution in [3.8, 4) is 35.2 Å². The molecule has 0 N–H and O–H groups in total. The van der Waals surface area contributed by atoms with Crippen LogP contribution in [0.3, 0.4) is 0 Å². The van der Waals surface area contributed by atoms with Crippen molar-refractivity contribution >= 4 is 5.97 Å². The summed E-state index contributed by atoms with van der Waals surface area (Å²) in [5.74, 6) is 14.4. The highest BCUT2D eigenvalue weighted by atomic mass is 16.5. The van der Waals surface area contributed by atoms with Crippen molar-refractivity contribution < 1.29 is 23.7 Å². The topological polar surface area (TPSA) is 54.0 Å². The van der Waals surface area contributed by atoms with E-state index >= 15 is 0 Å². The van der Waals surface area contributed by atoms with Crippen LogP contribution in [0.15, 0.2) is 110 Å². The second-order valence-electron chi connectivity index (χ2n) is 8.42. The molecule has 0 atom stereocenters. The Morgan fingerprint density at radius 1 is 0.575 bits per heavy atom. The monoisotopic (exact) mass is 532 g/mol. The lowest BCUT2D eigenvalue weighted by atomic mass is 10.1. The minimum atomic E-state index is -0.427. The van der Waals surface area contributed by atoms with Crippen molar-refractivity contribution in [3.63, 3.8) is 0 Å². The highest BCUT2D eigenvalue weighted by molar-refractivity contribution is 5.81. The second kappa shape index (κ2) is 16.7. The van der Waals surface area contributed by atoms with E-state index < -0.39 is 5.97 Å². The zero-order chi connectivity index (χ0) is 28.4. The molecule has 0 aromatic heterocycles. The van der Waals surface area contributed by atoms with Gasteiger partial charge in [-0.2, -0.15) is 0 Å². The van der Waals surface area contributed by atoms with Crippen LogP contribution in [0, 0.1) is 23.7 Å². The molecule has 0 radical (unpaired) electrons. The van der Waals surface area contributed by atoms with Gasteiger partial charge >= 0.3 is 5.97 Å². The maximum absolute atomic E-state index is 11.0. The van der Waals surface area contributed by atoms with Crippen molar-refractivity contribution in [2.24, 2.45) is 0 Å². The lowest BCUT2D eigenvalue weighted by molar-refractivity contribution is -0.137. The number of benzene rings is 3. The average molecular weight is 533 g/mol. The van der Waals surface area contributed by atoms with Gasteiger partial charge in [0.1, 0.15) is 17.3 Å². The van der Waals surface area contributed by atoms with Crippen molar-refractivity contribution in [3.05, 3.63) is 133 Å². The van der Waals surface area contributed by atoms with E-state index in [1.807, 2.05) is 72.8 Å². The third kappa shape index (κ3) is 11.1. The summed E-state index contributed by atoms with van der Waals surface area (Å²) in [6.07, 6.45) is 4.09. The molecule has 3 aromatic carbocycles. The minimum Gasteiger partial charge on any atom is -0.494 e. The first kappa shape index (κ1) is 29.4. The Bertz CT molecular complexity index is 1280. The molecular formula is C35H32O5. The minimum absolute atomic E-state index is 0.299. The van der Waals surface area contributed by atoms with Crippen molar-refractivity contribution in [2.75, 3.05) is 26.4 Å². The van der Waals surface area contributed by atoms with Crippen molar-refractivity contribution in [1.82, 2.24) is 0 Å². The Balaban J connectivity index is 1.43. The standard InChI is InChI=1S/C35H32O5/c1-4-28(3)37-24-6-25-38-33-20-16-31(17-21-33)14-12-29-8-10-30(11-9-29)13-15-32-18-22-34(23-19-32)39-26-7-27-40-35(36)5-2/h4-5,8-11,16-23H,1-3,6-7,24-27H2. The van der Waals surface area contributed by atoms with E-state index in [1.165, 1.54) is 0 Å². The Labute approximate surface area is 236 Å². The number of hydrogen-bond donors (Lipinski definition) is 0. The van der Waals surface area contributed by atoms with E-state index in [2.05, 4.69) is 43.4 Å². The number of esters is 1. The molecule has 3 aromatic rings. The van der Waals surface area contributed by atoms with Gasteiger partial charge in [-0.1, -0.05) is 43.4 Å². The summed E-state index contributed by atoms with van der Waals surface area (Å²) in [5, 5.41) is 0. The van der Waals surface area contributed by atoms with Crippen LogP contribution in [-0.4, -0.2) is 32.4 Å². The third-order valence-electron chi connectivity index (χ3n) is 5.34. The van der Waals surface area contributed by atoms with E-state index in [4.69, 9.17) is 18.9 Å². The fourth-order valence-corrected chi connectivity index (χ4v) is 3.19. The van der Waals surface area contributed by atoms with E-state index in [9.17, 15) is 4.79 Å². The average Bonchev–Trinajstić information content (AvgIpc) is 3.00. The van der Waals surface area contributed by atoms with Crippen molar-refractivity contribution in [1.29, 1.82) is 0 Å². The molecule has 0 fully saturated rings. The molecule has 40 heavy (non-hydrogen) atoms. The summed E-state index contributed by atoms with van der Waals surface area (Å²) < 4.78 is 21.7. The van der Waals surface area contributed by atoms with Crippen LogP contribution in [0.4, 0.5) is 0 Å². The van der Waals surface area contributed by atoms with Gasteiger partial charge in [-0.25, -0.2) is 4.79 Å². The van der Waals surface area contributed by atoms with Gasteiger partial charge in [0.05, 0.1) is 26.4 Å². The van der Waals surface area contributed by atoms with Gasteiger partial charge in [-0.05, 0) is 78.9 Å². The summed E-state index contributed by atoms with van der Waals surface area (Å²) in [4.78, 5) is 11.0. The summed E-state index contributed by atoms with van der Waals surface area (Å²) in [7, 11) is 0. The second-order valence-corrected chi connectivity index (χ2v) is 8.42. The quantitative estimate of drug-likeness (QED) is 0.0631. The van der Waals surface area contributed by atoms with Crippen LogP contribution in [0.2, 0.25) is 0 Å².